The lowest BCUT2D eigenvalue weighted by Gasteiger charge is -2.50. The van der Waals surface area contributed by atoms with Gasteiger partial charge in [0, 0.05) is 31.7 Å². The van der Waals surface area contributed by atoms with Crippen molar-refractivity contribution in [3.8, 4) is 0 Å². The summed E-state index contributed by atoms with van der Waals surface area (Å²) in [7, 11) is 2.18. The van der Waals surface area contributed by atoms with Crippen LogP contribution in [0.1, 0.15) is 18.4 Å². The summed E-state index contributed by atoms with van der Waals surface area (Å²) >= 11 is 0. The highest BCUT2D eigenvalue weighted by atomic mass is 16.3. The van der Waals surface area contributed by atoms with E-state index < -0.39 is 0 Å². The predicted octanol–water partition coefficient (Wildman–Crippen LogP) is 2.10. The largest absolute Gasteiger partial charge is 0.303 e. The van der Waals surface area contributed by atoms with Crippen LogP contribution in [0.3, 0.4) is 0 Å². The number of hydrogen-bond donors (Lipinski definition) is 0. The Balaban J connectivity index is 1.76. The Hall–Kier alpha value is -1.26. The van der Waals surface area contributed by atoms with Gasteiger partial charge in [-0.1, -0.05) is 35.5 Å². The Bertz CT molecular complexity index is 420. The Morgan fingerprint density at radius 1 is 1.16 bits per heavy atom. The van der Waals surface area contributed by atoms with Gasteiger partial charge < -0.3 is 4.90 Å². The molecule has 2 saturated heterocycles. The minimum Gasteiger partial charge on any atom is -0.303 e. The number of fused-ring (bicyclic) bond motifs is 2. The van der Waals surface area contributed by atoms with E-state index in [4.69, 9.17) is 0 Å². The highest BCUT2D eigenvalue weighted by Gasteiger charge is 2.40. The summed E-state index contributed by atoms with van der Waals surface area (Å²) in [4.78, 5) is 15.8. The van der Waals surface area contributed by atoms with Crippen LogP contribution in [0, 0.1) is 4.91 Å². The summed E-state index contributed by atoms with van der Waals surface area (Å²) in [6, 6.07) is 11.6. The Labute approximate surface area is 114 Å². The van der Waals surface area contributed by atoms with Crippen LogP contribution in [0.5, 0.6) is 0 Å². The van der Waals surface area contributed by atoms with Gasteiger partial charge in [0.25, 0.3) is 0 Å². The molecule has 2 heterocycles. The summed E-state index contributed by atoms with van der Waals surface area (Å²) in [5.74, 6) is 0. The maximum Gasteiger partial charge on any atom is 0.0950 e. The van der Waals surface area contributed by atoms with Gasteiger partial charge in [0.05, 0.1) is 6.04 Å². The number of likely N-dealkylation sites (tertiary alicyclic amines) is 1. The Morgan fingerprint density at radius 2 is 1.79 bits per heavy atom. The quantitative estimate of drug-likeness (QED) is 0.780. The lowest BCUT2D eigenvalue weighted by Crippen LogP contribution is -2.61. The van der Waals surface area contributed by atoms with E-state index in [1.165, 1.54) is 5.56 Å². The SMILES string of the molecule is CN1CC2CC(N=O)CC(C1)N2Cc1ccccc1. The molecule has 0 aliphatic carbocycles. The Kier molecular flexibility index (Phi) is 3.62. The van der Waals surface area contributed by atoms with E-state index in [1.54, 1.807) is 0 Å². The third kappa shape index (κ3) is 2.69. The molecule has 2 unspecified atom stereocenters. The van der Waals surface area contributed by atoms with Crippen molar-refractivity contribution in [1.29, 1.82) is 0 Å². The highest BCUT2D eigenvalue weighted by molar-refractivity contribution is 5.15. The molecule has 102 valence electrons. The predicted molar refractivity (Wildman–Crippen MR) is 75.9 cm³/mol. The number of likely N-dealkylation sites (N-methyl/N-ethyl adjacent to an activating group) is 1. The molecule has 2 aliphatic heterocycles. The van der Waals surface area contributed by atoms with Crippen molar-refractivity contribution in [2.24, 2.45) is 5.18 Å². The molecular weight excluding hydrogens is 238 g/mol. The van der Waals surface area contributed by atoms with Crippen LogP contribution in [-0.2, 0) is 6.54 Å². The normalized spacial score (nSPS) is 32.2. The van der Waals surface area contributed by atoms with Gasteiger partial charge in [0.1, 0.15) is 0 Å². The fraction of sp³-hybridized carbons (Fsp3) is 0.600. The fourth-order valence-corrected chi connectivity index (χ4v) is 3.58. The molecule has 0 radical (unpaired) electrons. The first kappa shape index (κ1) is 12.8. The van der Waals surface area contributed by atoms with Gasteiger partial charge >= 0.3 is 0 Å². The molecule has 0 aromatic heterocycles. The van der Waals surface area contributed by atoms with Gasteiger partial charge in [-0.25, -0.2) is 0 Å². The number of rotatable bonds is 3. The lowest BCUT2D eigenvalue weighted by molar-refractivity contribution is -0.0117. The van der Waals surface area contributed by atoms with Crippen LogP contribution in [-0.4, -0.2) is 48.1 Å². The Morgan fingerprint density at radius 3 is 2.37 bits per heavy atom. The van der Waals surface area contributed by atoms with Crippen molar-refractivity contribution in [2.45, 2.75) is 37.5 Å². The summed E-state index contributed by atoms with van der Waals surface area (Å²) in [5.41, 5.74) is 1.36. The van der Waals surface area contributed by atoms with Crippen molar-refractivity contribution in [3.63, 3.8) is 0 Å². The third-order valence-electron chi connectivity index (χ3n) is 4.43. The van der Waals surface area contributed by atoms with E-state index in [-0.39, 0.29) is 6.04 Å². The molecule has 2 bridgehead atoms. The summed E-state index contributed by atoms with van der Waals surface area (Å²) in [6.45, 7) is 3.10. The molecule has 2 aliphatic rings. The van der Waals surface area contributed by atoms with Gasteiger partial charge in [-0.15, -0.1) is 0 Å². The summed E-state index contributed by atoms with van der Waals surface area (Å²) < 4.78 is 0. The third-order valence-corrected chi connectivity index (χ3v) is 4.43. The lowest BCUT2D eigenvalue weighted by atomic mass is 9.87. The van der Waals surface area contributed by atoms with Crippen molar-refractivity contribution in [3.05, 3.63) is 40.8 Å². The maximum absolute atomic E-state index is 10.9. The van der Waals surface area contributed by atoms with Gasteiger partial charge in [-0.3, -0.25) is 4.90 Å². The van der Waals surface area contributed by atoms with Gasteiger partial charge in [0.2, 0.25) is 0 Å². The minimum atomic E-state index is 0.0238. The molecule has 3 rings (SSSR count). The molecule has 2 fully saturated rings. The molecule has 0 saturated carbocycles. The monoisotopic (exact) mass is 259 g/mol. The molecule has 0 N–H and O–H groups in total. The minimum absolute atomic E-state index is 0.0238. The van der Waals surface area contributed by atoms with Crippen molar-refractivity contribution < 1.29 is 0 Å². The molecule has 2 atom stereocenters. The van der Waals surface area contributed by atoms with Crippen molar-refractivity contribution in [2.75, 3.05) is 20.1 Å². The van der Waals surface area contributed by atoms with Crippen molar-refractivity contribution in [1.82, 2.24) is 9.80 Å². The first-order valence-corrected chi connectivity index (χ1v) is 7.07. The second-order valence-electron chi connectivity index (χ2n) is 5.92. The number of piperidine rings is 1. The van der Waals surface area contributed by atoms with Crippen LogP contribution >= 0.6 is 0 Å². The number of nitrogens with zero attached hydrogens (tertiary/aromatic N) is 3. The summed E-state index contributed by atoms with van der Waals surface area (Å²) in [5, 5.41) is 3.30. The topological polar surface area (TPSA) is 35.9 Å². The van der Waals surface area contributed by atoms with E-state index in [1.807, 2.05) is 0 Å². The number of nitroso groups, excluding NO2 is 1. The number of benzene rings is 1. The van der Waals surface area contributed by atoms with E-state index in [0.717, 1.165) is 32.5 Å². The molecule has 0 spiro atoms. The smallest absolute Gasteiger partial charge is 0.0950 e. The van der Waals surface area contributed by atoms with Gasteiger partial charge in [-0.2, -0.15) is 4.91 Å². The molecule has 19 heavy (non-hydrogen) atoms. The number of piperazine rings is 1. The van der Waals surface area contributed by atoms with E-state index in [0.29, 0.717) is 12.1 Å². The van der Waals surface area contributed by atoms with Crippen LogP contribution in [0.2, 0.25) is 0 Å². The first-order chi connectivity index (χ1) is 9.26. The first-order valence-electron chi connectivity index (χ1n) is 7.07. The fourth-order valence-electron chi connectivity index (χ4n) is 3.58. The molecule has 1 aromatic carbocycles. The zero-order valence-electron chi connectivity index (χ0n) is 11.4. The zero-order valence-corrected chi connectivity index (χ0v) is 11.4. The molecule has 0 amide bonds. The molecule has 4 heteroatoms. The highest BCUT2D eigenvalue weighted by Crippen LogP contribution is 2.31. The van der Waals surface area contributed by atoms with Crippen LogP contribution < -0.4 is 0 Å². The van der Waals surface area contributed by atoms with Gasteiger partial charge in [-0.05, 0) is 25.5 Å². The van der Waals surface area contributed by atoms with E-state index >= 15 is 0 Å². The second kappa shape index (κ2) is 5.39. The average molecular weight is 259 g/mol. The summed E-state index contributed by atoms with van der Waals surface area (Å²) in [6.07, 6.45) is 1.83. The molecular formula is C15H21N3O. The zero-order chi connectivity index (χ0) is 13.2. The standard InChI is InChI=1S/C15H21N3O/c1-17-10-14-7-13(16-19)8-15(11-17)18(14)9-12-5-3-2-4-6-12/h2-6,13-15H,7-11H2,1H3. The van der Waals surface area contributed by atoms with E-state index in [2.05, 4.69) is 52.4 Å². The van der Waals surface area contributed by atoms with Gasteiger partial charge in [0.15, 0.2) is 0 Å². The number of hydrogen-bond acceptors (Lipinski definition) is 4. The van der Waals surface area contributed by atoms with E-state index in [9.17, 15) is 4.91 Å². The average Bonchev–Trinajstić information content (AvgIpc) is 2.40. The maximum atomic E-state index is 10.9. The molecule has 1 aromatic rings. The van der Waals surface area contributed by atoms with Crippen LogP contribution in [0.4, 0.5) is 0 Å². The van der Waals surface area contributed by atoms with Crippen molar-refractivity contribution >= 4 is 0 Å². The second-order valence-corrected chi connectivity index (χ2v) is 5.92. The van der Waals surface area contributed by atoms with Crippen LogP contribution in [0.25, 0.3) is 0 Å². The van der Waals surface area contributed by atoms with Crippen LogP contribution in [0.15, 0.2) is 35.5 Å². The molecule has 4 nitrogen and oxygen atoms in total.